The highest BCUT2D eigenvalue weighted by Gasteiger charge is 2.32. The highest BCUT2D eigenvalue weighted by Crippen LogP contribution is 2.40. The molecule has 0 aliphatic heterocycles. The molecule has 1 aliphatic carbocycles. The highest BCUT2D eigenvalue weighted by molar-refractivity contribution is 5.95. The molecular weight excluding hydrogens is 246 g/mol. The van der Waals surface area contributed by atoms with Crippen molar-refractivity contribution in [2.75, 3.05) is 6.54 Å². The van der Waals surface area contributed by atoms with Gasteiger partial charge in [0.25, 0.3) is 5.91 Å². The predicted octanol–water partition coefficient (Wildman–Crippen LogP) is 2.68. The van der Waals surface area contributed by atoms with Crippen molar-refractivity contribution in [3.63, 3.8) is 0 Å². The van der Waals surface area contributed by atoms with Crippen LogP contribution in [0.15, 0.2) is 16.7 Å². The fraction of sp³-hybridized carbons (Fsp3) is 0.571. The fourth-order valence-electron chi connectivity index (χ4n) is 2.70. The number of carbonyl (C=O) groups excluding carboxylic acids is 1. The first-order chi connectivity index (χ1) is 9.06. The molecule has 0 aromatic carbocycles. The first-order valence-corrected chi connectivity index (χ1v) is 6.66. The number of rotatable bonds is 5. The zero-order valence-electron chi connectivity index (χ0n) is 11.1. The lowest BCUT2D eigenvalue weighted by Crippen LogP contribution is -2.35. The standard InChI is InChI=1S/C14H19NO4/c1-2-14(5-3-4-6-14)9-15-12(16)11-7-10(8-19-11)13(17)18/h7-8H,2-6,9H2,1H3,(H,15,16)(H,17,18). The molecule has 5 nitrogen and oxygen atoms in total. The maximum absolute atomic E-state index is 11.9. The molecule has 1 aliphatic rings. The predicted molar refractivity (Wildman–Crippen MR) is 69.2 cm³/mol. The van der Waals surface area contributed by atoms with E-state index in [4.69, 9.17) is 9.52 Å². The van der Waals surface area contributed by atoms with Gasteiger partial charge in [0.15, 0.2) is 5.76 Å². The van der Waals surface area contributed by atoms with Gasteiger partial charge < -0.3 is 14.8 Å². The summed E-state index contributed by atoms with van der Waals surface area (Å²) in [5, 5.41) is 11.6. The van der Waals surface area contributed by atoms with E-state index in [9.17, 15) is 9.59 Å². The van der Waals surface area contributed by atoms with Gasteiger partial charge in [-0.15, -0.1) is 0 Å². The molecule has 0 bridgehead atoms. The van der Waals surface area contributed by atoms with Gasteiger partial charge in [0.05, 0.1) is 5.56 Å². The molecule has 0 radical (unpaired) electrons. The van der Waals surface area contributed by atoms with Crippen molar-refractivity contribution in [3.05, 3.63) is 23.7 Å². The molecule has 104 valence electrons. The van der Waals surface area contributed by atoms with Crippen LogP contribution in [0.5, 0.6) is 0 Å². The minimum absolute atomic E-state index is 0.00350. The summed E-state index contributed by atoms with van der Waals surface area (Å²) in [6, 6.07) is 1.25. The molecule has 1 heterocycles. The van der Waals surface area contributed by atoms with Gasteiger partial charge in [-0.1, -0.05) is 19.8 Å². The Morgan fingerprint density at radius 2 is 2.11 bits per heavy atom. The lowest BCUT2D eigenvalue weighted by Gasteiger charge is -2.27. The minimum atomic E-state index is -1.09. The van der Waals surface area contributed by atoms with Crippen molar-refractivity contribution < 1.29 is 19.1 Å². The smallest absolute Gasteiger partial charge is 0.338 e. The van der Waals surface area contributed by atoms with Crippen LogP contribution in [-0.4, -0.2) is 23.5 Å². The number of furan rings is 1. The quantitative estimate of drug-likeness (QED) is 0.857. The summed E-state index contributed by atoms with van der Waals surface area (Å²) < 4.78 is 4.98. The van der Waals surface area contributed by atoms with Crippen molar-refractivity contribution >= 4 is 11.9 Å². The van der Waals surface area contributed by atoms with Gasteiger partial charge >= 0.3 is 5.97 Å². The van der Waals surface area contributed by atoms with Crippen LogP contribution in [0.1, 0.15) is 59.9 Å². The summed E-state index contributed by atoms with van der Waals surface area (Å²) >= 11 is 0. The molecule has 1 fully saturated rings. The molecule has 2 N–H and O–H groups in total. The Kier molecular flexibility index (Phi) is 3.93. The van der Waals surface area contributed by atoms with Gasteiger partial charge in [-0.3, -0.25) is 4.79 Å². The van der Waals surface area contributed by atoms with Crippen molar-refractivity contribution in [3.8, 4) is 0 Å². The Balaban J connectivity index is 1.95. The minimum Gasteiger partial charge on any atom is -0.478 e. The molecule has 0 spiro atoms. The maximum Gasteiger partial charge on any atom is 0.338 e. The van der Waals surface area contributed by atoms with Crippen LogP contribution < -0.4 is 5.32 Å². The molecule has 19 heavy (non-hydrogen) atoms. The molecule has 5 heteroatoms. The lowest BCUT2D eigenvalue weighted by atomic mass is 9.83. The number of nitrogens with one attached hydrogen (secondary N) is 1. The number of amides is 1. The summed E-state index contributed by atoms with van der Waals surface area (Å²) in [7, 11) is 0. The van der Waals surface area contributed by atoms with E-state index in [0.717, 1.165) is 25.5 Å². The summed E-state index contributed by atoms with van der Waals surface area (Å²) in [6.45, 7) is 2.78. The second-order valence-electron chi connectivity index (χ2n) is 5.25. The first-order valence-electron chi connectivity index (χ1n) is 6.66. The summed E-state index contributed by atoms with van der Waals surface area (Å²) in [5.41, 5.74) is 0.203. The number of carboxylic acids is 1. The van der Waals surface area contributed by atoms with E-state index in [-0.39, 0.29) is 22.6 Å². The first kappa shape index (κ1) is 13.6. The SMILES string of the molecule is CCC1(CNC(=O)c2cc(C(=O)O)co2)CCCC1. The number of carbonyl (C=O) groups is 2. The number of carboxylic acid groups (broad SMARTS) is 1. The van der Waals surface area contributed by atoms with Crippen molar-refractivity contribution in [2.24, 2.45) is 5.41 Å². The fourth-order valence-corrected chi connectivity index (χ4v) is 2.70. The van der Waals surface area contributed by atoms with Crippen LogP contribution in [0.3, 0.4) is 0 Å². The lowest BCUT2D eigenvalue weighted by molar-refractivity contribution is 0.0696. The zero-order chi connectivity index (χ0) is 13.9. The normalized spacial score (nSPS) is 17.3. The molecule has 2 rings (SSSR count). The van der Waals surface area contributed by atoms with Gasteiger partial charge in [0.1, 0.15) is 6.26 Å². The molecular formula is C14H19NO4. The van der Waals surface area contributed by atoms with E-state index < -0.39 is 5.97 Å². The van der Waals surface area contributed by atoms with Crippen molar-refractivity contribution in [1.82, 2.24) is 5.32 Å². The third-order valence-electron chi connectivity index (χ3n) is 4.11. The number of hydrogen-bond donors (Lipinski definition) is 2. The van der Waals surface area contributed by atoms with E-state index in [1.54, 1.807) is 0 Å². The van der Waals surface area contributed by atoms with Gasteiger partial charge in [-0.2, -0.15) is 0 Å². The largest absolute Gasteiger partial charge is 0.478 e. The van der Waals surface area contributed by atoms with E-state index >= 15 is 0 Å². The Morgan fingerprint density at radius 3 is 2.63 bits per heavy atom. The Morgan fingerprint density at radius 1 is 1.42 bits per heavy atom. The van der Waals surface area contributed by atoms with Gasteiger partial charge in [-0.05, 0) is 24.7 Å². The van der Waals surface area contributed by atoms with Crippen LogP contribution >= 0.6 is 0 Å². The third kappa shape index (κ3) is 2.97. The summed E-state index contributed by atoms with van der Waals surface area (Å²) in [5.74, 6) is -1.38. The van der Waals surface area contributed by atoms with E-state index in [1.165, 1.54) is 18.9 Å². The molecule has 1 aromatic rings. The second kappa shape index (κ2) is 5.47. The van der Waals surface area contributed by atoms with E-state index in [1.807, 2.05) is 0 Å². The molecule has 1 aromatic heterocycles. The van der Waals surface area contributed by atoms with Gasteiger partial charge in [0, 0.05) is 12.6 Å². The van der Waals surface area contributed by atoms with E-state index in [2.05, 4.69) is 12.2 Å². The van der Waals surface area contributed by atoms with Gasteiger partial charge in [-0.25, -0.2) is 4.79 Å². The van der Waals surface area contributed by atoms with Crippen LogP contribution in [-0.2, 0) is 0 Å². The van der Waals surface area contributed by atoms with E-state index in [0.29, 0.717) is 6.54 Å². The number of aromatic carboxylic acids is 1. The Bertz CT molecular complexity index is 472. The zero-order valence-corrected chi connectivity index (χ0v) is 11.1. The average molecular weight is 265 g/mol. The van der Waals surface area contributed by atoms with Crippen LogP contribution in [0.4, 0.5) is 0 Å². The highest BCUT2D eigenvalue weighted by atomic mass is 16.4. The van der Waals surface area contributed by atoms with Crippen LogP contribution in [0.2, 0.25) is 0 Å². The van der Waals surface area contributed by atoms with Crippen molar-refractivity contribution in [2.45, 2.75) is 39.0 Å². The molecule has 1 saturated carbocycles. The summed E-state index contributed by atoms with van der Waals surface area (Å²) in [4.78, 5) is 22.6. The Labute approximate surface area is 112 Å². The molecule has 0 unspecified atom stereocenters. The van der Waals surface area contributed by atoms with Crippen molar-refractivity contribution in [1.29, 1.82) is 0 Å². The molecule has 0 saturated heterocycles. The monoisotopic (exact) mass is 265 g/mol. The maximum atomic E-state index is 11.9. The second-order valence-corrected chi connectivity index (χ2v) is 5.25. The van der Waals surface area contributed by atoms with Crippen LogP contribution in [0, 0.1) is 5.41 Å². The molecule has 1 amide bonds. The third-order valence-corrected chi connectivity index (χ3v) is 4.11. The summed E-state index contributed by atoms with van der Waals surface area (Å²) in [6.07, 6.45) is 6.85. The topological polar surface area (TPSA) is 79.5 Å². The Hall–Kier alpha value is -1.78. The average Bonchev–Trinajstić information content (AvgIpc) is 3.06. The number of hydrogen-bond acceptors (Lipinski definition) is 3. The van der Waals surface area contributed by atoms with Gasteiger partial charge in [0.2, 0.25) is 0 Å². The molecule has 0 atom stereocenters. The van der Waals surface area contributed by atoms with Crippen LogP contribution in [0.25, 0.3) is 0 Å².